The van der Waals surface area contributed by atoms with E-state index in [0.29, 0.717) is 11.5 Å². The van der Waals surface area contributed by atoms with Crippen molar-refractivity contribution in [2.24, 2.45) is 17.3 Å². The van der Waals surface area contributed by atoms with E-state index in [9.17, 15) is 5.11 Å². The first-order chi connectivity index (χ1) is 9.95. The Kier molecular flexibility index (Phi) is 2.82. The van der Waals surface area contributed by atoms with Crippen LogP contribution in [0.5, 0.6) is 0 Å². The summed E-state index contributed by atoms with van der Waals surface area (Å²) in [6, 6.07) is 0.318. The molecular weight excluding hydrogens is 262 g/mol. The molecule has 1 heterocycles. The number of hydrogen-bond acceptors (Lipinski definition) is 3. The molecule has 2 atom stereocenters. The molecule has 4 heteroatoms. The molecule has 1 aromatic heterocycles. The molecule has 4 aliphatic rings. The van der Waals surface area contributed by atoms with Gasteiger partial charge in [-0.25, -0.2) is 0 Å². The lowest BCUT2D eigenvalue weighted by molar-refractivity contribution is -0.0664. The highest BCUT2D eigenvalue weighted by Crippen LogP contribution is 2.65. The van der Waals surface area contributed by atoms with E-state index >= 15 is 0 Å². The van der Waals surface area contributed by atoms with Crippen molar-refractivity contribution in [3.63, 3.8) is 0 Å². The highest BCUT2D eigenvalue weighted by molar-refractivity contribution is 5.21. The molecule has 4 bridgehead atoms. The van der Waals surface area contributed by atoms with E-state index in [0.717, 1.165) is 17.7 Å². The highest BCUT2D eigenvalue weighted by atomic mass is 16.3. The maximum Gasteiger partial charge on any atom is 0.159 e. The van der Waals surface area contributed by atoms with E-state index in [4.69, 9.17) is 0 Å². The van der Waals surface area contributed by atoms with Gasteiger partial charge in [-0.3, -0.25) is 0 Å². The van der Waals surface area contributed by atoms with Crippen molar-refractivity contribution >= 4 is 0 Å². The molecule has 0 aliphatic heterocycles. The Morgan fingerprint density at radius 2 is 1.86 bits per heavy atom. The van der Waals surface area contributed by atoms with Gasteiger partial charge < -0.3 is 9.67 Å². The van der Waals surface area contributed by atoms with E-state index in [-0.39, 0.29) is 12.0 Å². The second kappa shape index (κ2) is 4.31. The Bertz CT molecular complexity index is 548. The summed E-state index contributed by atoms with van der Waals surface area (Å²) >= 11 is 0. The van der Waals surface area contributed by atoms with Gasteiger partial charge in [0.2, 0.25) is 0 Å². The largest absolute Gasteiger partial charge is 0.388 e. The van der Waals surface area contributed by atoms with Gasteiger partial charge in [0.05, 0.1) is 0 Å². The summed E-state index contributed by atoms with van der Waals surface area (Å²) in [4.78, 5) is 0. The molecule has 1 N–H and O–H groups in total. The van der Waals surface area contributed by atoms with Crippen LogP contribution in [0.2, 0.25) is 0 Å². The van der Waals surface area contributed by atoms with E-state index in [1.807, 2.05) is 0 Å². The molecular formula is C17H27N3O. The van der Waals surface area contributed by atoms with Crippen molar-refractivity contribution in [1.82, 2.24) is 14.8 Å². The molecule has 116 valence electrons. The molecule has 1 aromatic rings. The van der Waals surface area contributed by atoms with Crippen LogP contribution in [-0.2, 0) is 12.0 Å². The number of aromatic nitrogens is 3. The van der Waals surface area contributed by atoms with Crippen molar-refractivity contribution in [2.45, 2.75) is 77.4 Å². The first-order valence-corrected chi connectivity index (χ1v) is 8.50. The van der Waals surface area contributed by atoms with Crippen LogP contribution in [0, 0.1) is 17.3 Å². The minimum absolute atomic E-state index is 0.00855. The van der Waals surface area contributed by atoms with Crippen LogP contribution in [-0.4, -0.2) is 19.9 Å². The molecule has 4 nitrogen and oxygen atoms in total. The van der Waals surface area contributed by atoms with Crippen LogP contribution in [0.1, 0.15) is 77.0 Å². The Morgan fingerprint density at radius 3 is 2.38 bits per heavy atom. The van der Waals surface area contributed by atoms with Gasteiger partial charge in [0.15, 0.2) is 5.82 Å². The summed E-state index contributed by atoms with van der Waals surface area (Å²) in [5.41, 5.74) is 0.737. The molecule has 0 amide bonds. The fourth-order valence-corrected chi connectivity index (χ4v) is 6.32. The van der Waals surface area contributed by atoms with Crippen molar-refractivity contribution in [3.05, 3.63) is 11.6 Å². The lowest BCUT2D eigenvalue weighted by Crippen LogP contribution is -2.54. The smallest absolute Gasteiger partial charge is 0.159 e. The van der Waals surface area contributed by atoms with Crippen LogP contribution >= 0.6 is 0 Å². The summed E-state index contributed by atoms with van der Waals surface area (Å²) in [6.45, 7) is 6.83. The van der Waals surface area contributed by atoms with Crippen LogP contribution < -0.4 is 0 Å². The zero-order chi connectivity index (χ0) is 14.8. The number of nitrogens with zero attached hydrogens (tertiary/aromatic N) is 3. The average Bonchev–Trinajstić information content (AvgIpc) is 2.80. The van der Waals surface area contributed by atoms with Crippen LogP contribution in [0.3, 0.4) is 0 Å². The Labute approximate surface area is 127 Å². The third kappa shape index (κ3) is 1.91. The zero-order valence-corrected chi connectivity index (χ0v) is 13.5. The first-order valence-electron chi connectivity index (χ1n) is 8.50. The van der Waals surface area contributed by atoms with Gasteiger partial charge in [0.25, 0.3) is 0 Å². The van der Waals surface area contributed by atoms with Gasteiger partial charge in [-0.2, -0.15) is 0 Å². The standard InChI is InChI=1S/C17H27N3O/c1-11(2)20-14(9-21)18-19-15(20)17-7-12-4-13(8-17)6-16(3,5-12)10-17/h11-13,21H,4-10H2,1-3H3. The van der Waals surface area contributed by atoms with Gasteiger partial charge in [-0.05, 0) is 69.6 Å². The van der Waals surface area contributed by atoms with Crippen LogP contribution in [0.4, 0.5) is 0 Å². The lowest BCUT2D eigenvalue weighted by atomic mass is 9.44. The van der Waals surface area contributed by atoms with Crippen molar-refractivity contribution < 1.29 is 5.11 Å². The van der Waals surface area contributed by atoms with Gasteiger partial charge in [-0.1, -0.05) is 6.92 Å². The Hall–Kier alpha value is -0.900. The molecule has 4 aliphatic carbocycles. The van der Waals surface area contributed by atoms with Crippen LogP contribution in [0.25, 0.3) is 0 Å². The van der Waals surface area contributed by atoms with Crippen molar-refractivity contribution in [1.29, 1.82) is 0 Å². The SMILES string of the molecule is CC(C)n1c(CO)nnc1C12CC3CC(CC(C)(C3)C1)C2. The minimum atomic E-state index is -0.00855. The summed E-state index contributed by atoms with van der Waals surface area (Å²) in [5, 5.41) is 18.5. The van der Waals surface area contributed by atoms with Gasteiger partial charge in [0.1, 0.15) is 12.4 Å². The monoisotopic (exact) mass is 289 g/mol. The third-order valence-corrected chi connectivity index (χ3v) is 6.25. The number of rotatable bonds is 3. The Balaban J connectivity index is 1.81. The fraction of sp³-hybridized carbons (Fsp3) is 0.882. The van der Waals surface area contributed by atoms with E-state index < -0.39 is 0 Å². The lowest BCUT2D eigenvalue weighted by Gasteiger charge is -2.60. The molecule has 4 saturated carbocycles. The molecule has 5 rings (SSSR count). The summed E-state index contributed by atoms with van der Waals surface area (Å²) in [5.74, 6) is 3.67. The van der Waals surface area contributed by atoms with Gasteiger partial charge >= 0.3 is 0 Å². The molecule has 0 aromatic carbocycles. The summed E-state index contributed by atoms with van der Waals surface area (Å²) in [7, 11) is 0. The number of aliphatic hydroxyl groups is 1. The second-order valence-electron chi connectivity index (χ2n) is 8.61. The maximum atomic E-state index is 9.59. The van der Waals surface area contributed by atoms with E-state index in [1.165, 1.54) is 44.3 Å². The molecule has 4 fully saturated rings. The molecule has 21 heavy (non-hydrogen) atoms. The van der Waals surface area contributed by atoms with Gasteiger partial charge in [-0.15, -0.1) is 10.2 Å². The normalized spacial score (nSPS) is 41.2. The highest BCUT2D eigenvalue weighted by Gasteiger charge is 2.58. The van der Waals surface area contributed by atoms with Crippen molar-refractivity contribution in [2.75, 3.05) is 0 Å². The predicted octanol–water partition coefficient (Wildman–Crippen LogP) is 3.21. The summed E-state index contributed by atoms with van der Waals surface area (Å²) in [6.07, 6.45) is 8.09. The summed E-state index contributed by atoms with van der Waals surface area (Å²) < 4.78 is 2.22. The predicted molar refractivity (Wildman–Crippen MR) is 80.8 cm³/mol. The zero-order valence-electron chi connectivity index (χ0n) is 13.5. The second-order valence-corrected chi connectivity index (χ2v) is 8.61. The topological polar surface area (TPSA) is 50.9 Å². The van der Waals surface area contributed by atoms with E-state index in [2.05, 4.69) is 35.5 Å². The quantitative estimate of drug-likeness (QED) is 0.929. The molecule has 0 spiro atoms. The fourth-order valence-electron chi connectivity index (χ4n) is 6.32. The van der Waals surface area contributed by atoms with E-state index in [1.54, 1.807) is 0 Å². The average molecular weight is 289 g/mol. The Morgan fingerprint density at radius 1 is 1.19 bits per heavy atom. The third-order valence-electron chi connectivity index (χ3n) is 6.25. The van der Waals surface area contributed by atoms with Crippen molar-refractivity contribution in [3.8, 4) is 0 Å². The number of hydrogen-bond donors (Lipinski definition) is 1. The first kappa shape index (κ1) is 13.7. The molecule has 2 unspecified atom stereocenters. The van der Waals surface area contributed by atoms with Crippen LogP contribution in [0.15, 0.2) is 0 Å². The molecule has 0 radical (unpaired) electrons. The van der Waals surface area contributed by atoms with Gasteiger partial charge in [0, 0.05) is 11.5 Å². The number of aliphatic hydroxyl groups excluding tert-OH is 1. The molecule has 0 saturated heterocycles. The minimum Gasteiger partial charge on any atom is -0.388 e. The maximum absolute atomic E-state index is 9.59.